The van der Waals surface area contributed by atoms with Crippen molar-refractivity contribution in [2.24, 2.45) is 0 Å². The van der Waals surface area contributed by atoms with Crippen LogP contribution in [0.15, 0.2) is 30.5 Å². The van der Waals surface area contributed by atoms with Gasteiger partial charge in [0.15, 0.2) is 5.69 Å². The molecule has 3 nitrogen and oxygen atoms in total. The number of alkyl halides is 3. The Bertz CT molecular complexity index is 629. The highest BCUT2D eigenvalue weighted by molar-refractivity contribution is 6.30. The van der Waals surface area contributed by atoms with Crippen molar-refractivity contribution in [2.45, 2.75) is 25.6 Å². The van der Waals surface area contributed by atoms with Crippen molar-refractivity contribution >= 4 is 11.6 Å². The van der Waals surface area contributed by atoms with Crippen molar-refractivity contribution in [3.63, 3.8) is 0 Å². The predicted molar refractivity (Wildman–Crippen MR) is 68.8 cm³/mol. The van der Waals surface area contributed by atoms with Crippen LogP contribution >= 0.6 is 11.6 Å². The summed E-state index contributed by atoms with van der Waals surface area (Å²) in [6, 6.07) is 5.92. The van der Waals surface area contributed by atoms with E-state index in [-0.39, 0.29) is 11.3 Å². The molecule has 108 valence electrons. The van der Waals surface area contributed by atoms with Crippen molar-refractivity contribution < 1.29 is 18.3 Å². The van der Waals surface area contributed by atoms with E-state index in [1.54, 1.807) is 6.07 Å². The molecular formula is C13H12ClF3N2O. The van der Waals surface area contributed by atoms with Crippen LogP contribution in [-0.2, 0) is 11.8 Å². The van der Waals surface area contributed by atoms with E-state index in [2.05, 4.69) is 5.10 Å². The number of aromatic nitrogens is 2. The molecule has 1 N–H and O–H groups in total. The normalized spacial score (nSPS) is 12.8. The summed E-state index contributed by atoms with van der Waals surface area (Å²) in [7, 11) is 0. The topological polar surface area (TPSA) is 38.1 Å². The first kappa shape index (κ1) is 14.9. The second kappa shape index (κ2) is 4.79. The van der Waals surface area contributed by atoms with Gasteiger partial charge in [-0.2, -0.15) is 18.3 Å². The summed E-state index contributed by atoms with van der Waals surface area (Å²) in [5.74, 6) is 0. The Morgan fingerprint density at radius 3 is 2.40 bits per heavy atom. The van der Waals surface area contributed by atoms with E-state index in [1.165, 1.54) is 32.0 Å². The molecule has 0 spiro atoms. The molecule has 1 heterocycles. The van der Waals surface area contributed by atoms with E-state index >= 15 is 0 Å². The Balaban J connectivity index is 2.70. The zero-order chi connectivity index (χ0) is 15.1. The third-order valence-electron chi connectivity index (χ3n) is 2.75. The lowest BCUT2D eigenvalue weighted by atomic mass is 9.99. The van der Waals surface area contributed by atoms with Gasteiger partial charge in [0.25, 0.3) is 0 Å². The van der Waals surface area contributed by atoms with Crippen LogP contribution in [0.25, 0.3) is 5.69 Å². The van der Waals surface area contributed by atoms with Gasteiger partial charge in [-0.1, -0.05) is 17.7 Å². The monoisotopic (exact) mass is 304 g/mol. The molecule has 0 saturated heterocycles. The Labute approximate surface area is 118 Å². The van der Waals surface area contributed by atoms with Crippen LogP contribution in [0.5, 0.6) is 0 Å². The molecule has 0 radical (unpaired) electrons. The van der Waals surface area contributed by atoms with E-state index in [1.807, 2.05) is 0 Å². The summed E-state index contributed by atoms with van der Waals surface area (Å²) >= 11 is 5.79. The molecule has 2 aromatic rings. The van der Waals surface area contributed by atoms with Crippen molar-refractivity contribution in [3.05, 3.63) is 46.7 Å². The van der Waals surface area contributed by atoms with Crippen LogP contribution in [0.4, 0.5) is 13.2 Å². The third kappa shape index (κ3) is 2.81. The molecule has 0 fully saturated rings. The van der Waals surface area contributed by atoms with Gasteiger partial charge in [0, 0.05) is 10.6 Å². The first-order chi connectivity index (χ1) is 9.10. The minimum absolute atomic E-state index is 0.181. The number of nitrogens with zero attached hydrogens (tertiary/aromatic N) is 2. The lowest BCUT2D eigenvalue weighted by Gasteiger charge is -2.20. The van der Waals surface area contributed by atoms with E-state index in [0.717, 1.165) is 10.9 Å². The van der Waals surface area contributed by atoms with Gasteiger partial charge in [-0.05, 0) is 32.0 Å². The molecule has 1 aromatic heterocycles. The van der Waals surface area contributed by atoms with Gasteiger partial charge in [-0.15, -0.1) is 0 Å². The fourth-order valence-electron chi connectivity index (χ4n) is 1.87. The lowest BCUT2D eigenvalue weighted by Crippen LogP contribution is -2.23. The molecule has 1 aromatic carbocycles. The van der Waals surface area contributed by atoms with Crippen LogP contribution < -0.4 is 0 Å². The maximum absolute atomic E-state index is 13.3. The molecule has 0 aliphatic carbocycles. The number of aliphatic hydroxyl groups is 1. The van der Waals surface area contributed by atoms with Gasteiger partial charge in [-0.25, -0.2) is 4.68 Å². The lowest BCUT2D eigenvalue weighted by molar-refractivity contribution is -0.145. The quantitative estimate of drug-likeness (QED) is 0.917. The number of benzene rings is 1. The summed E-state index contributed by atoms with van der Waals surface area (Å²) in [6.45, 7) is 2.56. The van der Waals surface area contributed by atoms with E-state index in [0.29, 0.717) is 5.02 Å². The van der Waals surface area contributed by atoms with Gasteiger partial charge < -0.3 is 5.11 Å². The van der Waals surface area contributed by atoms with Gasteiger partial charge in [0.2, 0.25) is 0 Å². The molecule has 0 atom stereocenters. The number of rotatable bonds is 2. The first-order valence-electron chi connectivity index (χ1n) is 5.74. The average Bonchev–Trinajstić information content (AvgIpc) is 2.72. The second-order valence-electron chi connectivity index (χ2n) is 4.86. The van der Waals surface area contributed by atoms with Crippen molar-refractivity contribution in [1.29, 1.82) is 0 Å². The Kier molecular flexibility index (Phi) is 3.56. The molecule has 0 saturated carbocycles. The largest absolute Gasteiger partial charge is 0.433 e. The van der Waals surface area contributed by atoms with E-state index in [4.69, 9.17) is 11.6 Å². The Hall–Kier alpha value is -1.53. The van der Waals surface area contributed by atoms with Crippen LogP contribution in [0, 0.1) is 0 Å². The van der Waals surface area contributed by atoms with Gasteiger partial charge in [0.05, 0.1) is 17.5 Å². The molecular weight excluding hydrogens is 293 g/mol. The first-order valence-corrected chi connectivity index (χ1v) is 6.12. The summed E-state index contributed by atoms with van der Waals surface area (Å²) in [5, 5.41) is 13.9. The maximum Gasteiger partial charge on any atom is 0.433 e. The molecule has 0 aliphatic heterocycles. The number of hydrogen-bond donors (Lipinski definition) is 1. The van der Waals surface area contributed by atoms with Crippen molar-refractivity contribution in [1.82, 2.24) is 9.78 Å². The maximum atomic E-state index is 13.3. The van der Waals surface area contributed by atoms with Crippen molar-refractivity contribution in [3.8, 4) is 5.69 Å². The second-order valence-corrected chi connectivity index (χ2v) is 5.29. The molecule has 2 rings (SSSR count). The molecule has 0 amide bonds. The van der Waals surface area contributed by atoms with Crippen LogP contribution in [0.2, 0.25) is 5.02 Å². The minimum atomic E-state index is -4.64. The number of halogens is 4. The van der Waals surface area contributed by atoms with Crippen LogP contribution in [0.1, 0.15) is 25.1 Å². The highest BCUT2D eigenvalue weighted by atomic mass is 35.5. The predicted octanol–water partition coefficient (Wildman–Crippen LogP) is 3.77. The van der Waals surface area contributed by atoms with E-state index in [9.17, 15) is 18.3 Å². The summed E-state index contributed by atoms with van der Waals surface area (Å²) in [5.41, 5.74) is -2.76. The van der Waals surface area contributed by atoms with Crippen LogP contribution in [0.3, 0.4) is 0 Å². The van der Waals surface area contributed by atoms with Gasteiger partial charge >= 0.3 is 6.18 Å². The van der Waals surface area contributed by atoms with E-state index < -0.39 is 17.5 Å². The molecule has 7 heteroatoms. The Morgan fingerprint density at radius 2 is 1.90 bits per heavy atom. The molecule has 0 unspecified atom stereocenters. The molecule has 0 bridgehead atoms. The highest BCUT2D eigenvalue weighted by Crippen LogP contribution is 2.37. The Morgan fingerprint density at radius 1 is 1.25 bits per heavy atom. The average molecular weight is 305 g/mol. The van der Waals surface area contributed by atoms with Gasteiger partial charge in [-0.3, -0.25) is 0 Å². The van der Waals surface area contributed by atoms with Gasteiger partial charge in [0.1, 0.15) is 0 Å². The molecule has 0 aliphatic rings. The number of hydrogen-bond acceptors (Lipinski definition) is 2. The smallest absolute Gasteiger partial charge is 0.386 e. The standard InChI is InChI=1S/C13H12ClF3N2O/c1-12(2,20)10-7-18-19(11(10)13(15,16)17)9-5-3-4-8(14)6-9/h3-7,20H,1-2H3. The summed E-state index contributed by atoms with van der Waals surface area (Å²) in [4.78, 5) is 0. The SMILES string of the molecule is CC(C)(O)c1cnn(-c2cccc(Cl)c2)c1C(F)(F)F. The highest BCUT2D eigenvalue weighted by Gasteiger charge is 2.42. The zero-order valence-corrected chi connectivity index (χ0v) is 11.5. The third-order valence-corrected chi connectivity index (χ3v) is 2.98. The molecule has 20 heavy (non-hydrogen) atoms. The van der Waals surface area contributed by atoms with Crippen molar-refractivity contribution in [2.75, 3.05) is 0 Å². The van der Waals surface area contributed by atoms with Crippen LogP contribution in [-0.4, -0.2) is 14.9 Å². The fourth-order valence-corrected chi connectivity index (χ4v) is 2.06. The summed E-state index contributed by atoms with van der Waals surface area (Å²) < 4.78 is 40.5. The summed E-state index contributed by atoms with van der Waals surface area (Å²) in [6.07, 6.45) is -3.63. The zero-order valence-electron chi connectivity index (χ0n) is 10.7. The minimum Gasteiger partial charge on any atom is -0.386 e. The fraction of sp³-hybridized carbons (Fsp3) is 0.308.